The second-order valence-corrected chi connectivity index (χ2v) is 7.77. The summed E-state index contributed by atoms with van der Waals surface area (Å²) in [6.45, 7) is 0.906. The molecule has 0 saturated carbocycles. The van der Waals surface area contributed by atoms with Gasteiger partial charge in [0.15, 0.2) is 0 Å². The predicted octanol–water partition coefficient (Wildman–Crippen LogP) is 4.35. The van der Waals surface area contributed by atoms with Crippen LogP contribution >= 0.6 is 0 Å². The molecule has 2 aromatic carbocycles. The van der Waals surface area contributed by atoms with Crippen LogP contribution in [-0.2, 0) is 17.8 Å². The normalized spacial score (nSPS) is 13.1. The number of carboxylic acids is 1. The lowest BCUT2D eigenvalue weighted by Crippen LogP contribution is -2.30. The van der Waals surface area contributed by atoms with Crippen molar-refractivity contribution in [2.75, 3.05) is 13.2 Å². The van der Waals surface area contributed by atoms with Crippen LogP contribution in [0, 0.1) is 0 Å². The number of benzene rings is 2. The molecule has 0 unspecified atom stereocenters. The molecule has 164 valence electrons. The molecular formula is C26H26N2O4. The molecule has 32 heavy (non-hydrogen) atoms. The first-order valence-corrected chi connectivity index (χ1v) is 10.8. The smallest absolute Gasteiger partial charge is 0.352 e. The van der Waals surface area contributed by atoms with Crippen molar-refractivity contribution in [3.05, 3.63) is 89.7 Å². The van der Waals surface area contributed by atoms with Gasteiger partial charge in [0.1, 0.15) is 24.6 Å². The molecule has 1 aliphatic carbocycles. The van der Waals surface area contributed by atoms with Gasteiger partial charge < -0.3 is 19.7 Å². The minimum atomic E-state index is -1.07. The lowest BCUT2D eigenvalue weighted by Gasteiger charge is -2.11. The number of nitrogens with zero attached hydrogens (tertiary/aromatic N) is 1. The van der Waals surface area contributed by atoms with Gasteiger partial charge in [-0.1, -0.05) is 48.6 Å². The Morgan fingerprint density at radius 1 is 1.06 bits per heavy atom. The first kappa shape index (κ1) is 21.4. The molecule has 6 heteroatoms. The van der Waals surface area contributed by atoms with E-state index in [-0.39, 0.29) is 18.1 Å². The van der Waals surface area contributed by atoms with Crippen LogP contribution in [0.15, 0.2) is 78.4 Å². The van der Waals surface area contributed by atoms with Crippen molar-refractivity contribution in [3.8, 4) is 5.75 Å². The summed E-state index contributed by atoms with van der Waals surface area (Å²) < 4.78 is 7.42. The van der Waals surface area contributed by atoms with Crippen molar-refractivity contribution in [2.24, 2.45) is 0 Å². The number of aromatic carboxylic acids is 1. The fourth-order valence-corrected chi connectivity index (χ4v) is 3.82. The second kappa shape index (κ2) is 10.0. The number of carboxylic acid groups (broad SMARTS) is 1. The van der Waals surface area contributed by atoms with E-state index < -0.39 is 5.97 Å². The third kappa shape index (κ3) is 5.27. The van der Waals surface area contributed by atoms with E-state index in [1.165, 1.54) is 4.57 Å². The van der Waals surface area contributed by atoms with Gasteiger partial charge in [-0.3, -0.25) is 4.79 Å². The van der Waals surface area contributed by atoms with E-state index in [0.717, 1.165) is 35.8 Å². The van der Waals surface area contributed by atoms with Crippen molar-refractivity contribution in [3.63, 3.8) is 0 Å². The quantitative estimate of drug-likeness (QED) is 0.529. The fraction of sp³-hybridized carbons (Fsp3) is 0.231. The molecule has 3 aromatic rings. The number of ether oxygens (including phenoxy) is 1. The van der Waals surface area contributed by atoms with Gasteiger partial charge >= 0.3 is 5.97 Å². The Hall–Kier alpha value is -3.80. The highest BCUT2D eigenvalue weighted by Crippen LogP contribution is 2.25. The standard InChI is InChI=1S/C26H26N2O4/c29-25(27-14-13-19-7-3-1-4-8-19)17-28-23-12-11-22(15-21(23)16-24(28)26(30)31)32-18-20-9-5-2-6-10-20/h1,3-5,7-12,15-16H,2,6,13-14,17-18H2,(H,27,29)(H,30,31). The van der Waals surface area contributed by atoms with Crippen molar-refractivity contribution >= 4 is 22.8 Å². The van der Waals surface area contributed by atoms with Gasteiger partial charge in [0.2, 0.25) is 5.91 Å². The monoisotopic (exact) mass is 430 g/mol. The average molecular weight is 431 g/mol. The molecule has 1 aliphatic rings. The maximum absolute atomic E-state index is 12.5. The molecule has 0 aliphatic heterocycles. The van der Waals surface area contributed by atoms with E-state index in [4.69, 9.17) is 4.74 Å². The van der Waals surface area contributed by atoms with Crippen LogP contribution in [0.5, 0.6) is 5.75 Å². The SMILES string of the molecule is O=C(Cn1c(C(=O)O)cc2cc(OCC3=CCCC=C3)ccc21)NCCc1ccccc1. The maximum Gasteiger partial charge on any atom is 0.352 e. The summed E-state index contributed by atoms with van der Waals surface area (Å²) in [6, 6.07) is 16.9. The van der Waals surface area contributed by atoms with E-state index in [1.54, 1.807) is 12.1 Å². The van der Waals surface area contributed by atoms with Gasteiger partial charge in [0.25, 0.3) is 0 Å². The predicted molar refractivity (Wildman–Crippen MR) is 124 cm³/mol. The van der Waals surface area contributed by atoms with Gasteiger partial charge in [-0.25, -0.2) is 4.79 Å². The van der Waals surface area contributed by atoms with Crippen molar-refractivity contribution < 1.29 is 19.4 Å². The number of hydrogen-bond donors (Lipinski definition) is 2. The van der Waals surface area contributed by atoms with Gasteiger partial charge in [0, 0.05) is 17.4 Å². The third-order valence-electron chi connectivity index (χ3n) is 5.45. The van der Waals surface area contributed by atoms with Crippen LogP contribution < -0.4 is 10.1 Å². The number of carbonyl (C=O) groups is 2. The molecular weight excluding hydrogens is 404 g/mol. The Kier molecular flexibility index (Phi) is 6.70. The molecule has 2 N–H and O–H groups in total. The van der Waals surface area contributed by atoms with Crippen molar-refractivity contribution in [1.29, 1.82) is 0 Å². The van der Waals surface area contributed by atoms with E-state index in [1.807, 2.05) is 42.5 Å². The highest BCUT2D eigenvalue weighted by molar-refractivity contribution is 5.96. The number of allylic oxidation sites excluding steroid dienone is 2. The number of nitrogens with one attached hydrogen (secondary N) is 1. The minimum absolute atomic E-state index is 0.0577. The van der Waals surface area contributed by atoms with Gasteiger partial charge in [0.05, 0.1) is 0 Å². The zero-order valence-electron chi connectivity index (χ0n) is 17.8. The number of hydrogen-bond acceptors (Lipinski definition) is 3. The summed E-state index contributed by atoms with van der Waals surface area (Å²) in [4.78, 5) is 24.3. The highest BCUT2D eigenvalue weighted by Gasteiger charge is 2.17. The van der Waals surface area contributed by atoms with Crippen LogP contribution in [0.3, 0.4) is 0 Å². The Bertz CT molecular complexity index is 1180. The highest BCUT2D eigenvalue weighted by atomic mass is 16.5. The zero-order valence-corrected chi connectivity index (χ0v) is 17.8. The van der Waals surface area contributed by atoms with E-state index in [2.05, 4.69) is 23.5 Å². The summed E-state index contributed by atoms with van der Waals surface area (Å²) in [5, 5.41) is 13.3. The Balaban J connectivity index is 1.44. The summed E-state index contributed by atoms with van der Waals surface area (Å²) >= 11 is 0. The van der Waals surface area contributed by atoms with Gasteiger partial charge in [-0.15, -0.1) is 0 Å². The van der Waals surface area contributed by atoms with E-state index in [0.29, 0.717) is 24.4 Å². The summed E-state index contributed by atoms with van der Waals surface area (Å²) in [6.07, 6.45) is 9.15. The van der Waals surface area contributed by atoms with Gasteiger partial charge in [-0.2, -0.15) is 0 Å². The van der Waals surface area contributed by atoms with E-state index >= 15 is 0 Å². The number of aromatic nitrogens is 1. The molecule has 0 spiro atoms. The zero-order chi connectivity index (χ0) is 22.3. The largest absolute Gasteiger partial charge is 0.489 e. The number of fused-ring (bicyclic) bond motifs is 1. The Morgan fingerprint density at radius 3 is 2.66 bits per heavy atom. The molecule has 6 nitrogen and oxygen atoms in total. The lowest BCUT2D eigenvalue weighted by atomic mass is 10.1. The average Bonchev–Trinajstić information content (AvgIpc) is 3.17. The maximum atomic E-state index is 12.5. The third-order valence-corrected chi connectivity index (χ3v) is 5.45. The molecule has 1 heterocycles. The molecule has 0 radical (unpaired) electrons. The number of carbonyl (C=O) groups excluding carboxylic acids is 1. The number of rotatable bonds is 9. The van der Waals surface area contributed by atoms with Crippen LogP contribution in [-0.4, -0.2) is 34.7 Å². The first-order chi connectivity index (χ1) is 15.6. The lowest BCUT2D eigenvalue weighted by molar-refractivity contribution is -0.121. The molecule has 0 atom stereocenters. The topological polar surface area (TPSA) is 80.6 Å². The van der Waals surface area contributed by atoms with Crippen molar-refractivity contribution in [1.82, 2.24) is 9.88 Å². The van der Waals surface area contributed by atoms with Gasteiger partial charge in [-0.05, 0) is 54.7 Å². The second-order valence-electron chi connectivity index (χ2n) is 7.77. The van der Waals surface area contributed by atoms with Crippen LogP contribution in [0.2, 0.25) is 0 Å². The van der Waals surface area contributed by atoms with Crippen LogP contribution in [0.25, 0.3) is 10.9 Å². The van der Waals surface area contributed by atoms with E-state index in [9.17, 15) is 14.7 Å². The molecule has 1 amide bonds. The molecule has 0 fully saturated rings. The number of amides is 1. The van der Waals surface area contributed by atoms with Crippen molar-refractivity contribution in [2.45, 2.75) is 25.8 Å². The van der Waals surface area contributed by atoms with Crippen LogP contribution in [0.1, 0.15) is 28.9 Å². The summed E-state index contributed by atoms with van der Waals surface area (Å²) in [7, 11) is 0. The molecule has 0 saturated heterocycles. The molecule has 1 aromatic heterocycles. The molecule has 4 rings (SSSR count). The fourth-order valence-electron chi connectivity index (χ4n) is 3.82. The van der Waals surface area contributed by atoms with Crippen LogP contribution in [0.4, 0.5) is 0 Å². The minimum Gasteiger partial charge on any atom is -0.489 e. The summed E-state index contributed by atoms with van der Waals surface area (Å²) in [5.74, 6) is -0.630. The Morgan fingerprint density at radius 2 is 1.91 bits per heavy atom. The Labute approximate surface area is 186 Å². The molecule has 0 bridgehead atoms. The summed E-state index contributed by atoms with van der Waals surface area (Å²) in [5.41, 5.74) is 3.03. The first-order valence-electron chi connectivity index (χ1n) is 10.8.